The van der Waals surface area contributed by atoms with Crippen molar-refractivity contribution in [2.45, 2.75) is 25.4 Å². The van der Waals surface area contributed by atoms with Crippen molar-refractivity contribution in [2.24, 2.45) is 5.92 Å². The maximum Gasteiger partial charge on any atom is 0.433 e. The first-order valence-electron chi connectivity index (χ1n) is 9.11. The lowest BCUT2D eigenvalue weighted by Gasteiger charge is -2.34. The molecule has 2 aromatic rings. The number of carbonyl (C=O) groups is 1. The van der Waals surface area contributed by atoms with Crippen LogP contribution in [0.15, 0.2) is 42.6 Å². The van der Waals surface area contributed by atoms with E-state index in [2.05, 4.69) is 11.1 Å². The van der Waals surface area contributed by atoms with Crippen LogP contribution in [0.4, 0.5) is 24.5 Å². The minimum absolute atomic E-state index is 0.0465. The van der Waals surface area contributed by atoms with Gasteiger partial charge in [-0.15, -0.1) is 0 Å². The van der Waals surface area contributed by atoms with Gasteiger partial charge in [-0.1, -0.05) is 18.2 Å². The van der Waals surface area contributed by atoms with Gasteiger partial charge in [0, 0.05) is 31.2 Å². The third-order valence-corrected chi connectivity index (χ3v) is 5.40. The second kappa shape index (κ2) is 6.87. The Morgan fingerprint density at radius 3 is 2.44 bits per heavy atom. The highest BCUT2D eigenvalue weighted by Gasteiger charge is 2.34. The Hall–Kier alpha value is -2.57. The zero-order valence-corrected chi connectivity index (χ0v) is 14.7. The molecule has 142 valence electrons. The lowest BCUT2D eigenvalue weighted by molar-refractivity contribution is -0.141. The van der Waals surface area contributed by atoms with Crippen molar-refractivity contribution >= 4 is 17.3 Å². The molecule has 1 saturated heterocycles. The molecule has 0 unspecified atom stereocenters. The third-order valence-electron chi connectivity index (χ3n) is 5.40. The first-order chi connectivity index (χ1) is 12.9. The van der Waals surface area contributed by atoms with E-state index in [9.17, 15) is 18.0 Å². The Morgan fingerprint density at radius 2 is 1.78 bits per heavy atom. The molecule has 0 saturated carbocycles. The second-order valence-electron chi connectivity index (χ2n) is 7.03. The first-order valence-corrected chi connectivity index (χ1v) is 9.11. The van der Waals surface area contributed by atoms with E-state index in [1.807, 2.05) is 28.0 Å². The van der Waals surface area contributed by atoms with Crippen molar-refractivity contribution in [3.8, 4) is 0 Å². The van der Waals surface area contributed by atoms with Crippen molar-refractivity contribution in [3.63, 3.8) is 0 Å². The Kier molecular flexibility index (Phi) is 4.53. The van der Waals surface area contributed by atoms with E-state index in [4.69, 9.17) is 0 Å². The van der Waals surface area contributed by atoms with Crippen molar-refractivity contribution < 1.29 is 18.0 Å². The van der Waals surface area contributed by atoms with Crippen molar-refractivity contribution in [3.05, 3.63) is 53.9 Å². The van der Waals surface area contributed by atoms with Gasteiger partial charge < -0.3 is 9.80 Å². The van der Waals surface area contributed by atoms with E-state index in [0.717, 1.165) is 24.7 Å². The van der Waals surface area contributed by atoms with Crippen LogP contribution in [-0.2, 0) is 17.4 Å². The van der Waals surface area contributed by atoms with Crippen molar-refractivity contribution in [2.75, 3.05) is 29.4 Å². The van der Waals surface area contributed by atoms with Gasteiger partial charge in [0.1, 0.15) is 5.69 Å². The van der Waals surface area contributed by atoms with E-state index < -0.39 is 11.9 Å². The lowest BCUT2D eigenvalue weighted by Crippen LogP contribution is -2.42. The normalized spacial score (nSPS) is 17.9. The molecule has 7 heteroatoms. The summed E-state index contributed by atoms with van der Waals surface area (Å²) < 4.78 is 37.9. The van der Waals surface area contributed by atoms with Gasteiger partial charge in [-0.3, -0.25) is 4.79 Å². The largest absolute Gasteiger partial charge is 0.433 e. The molecule has 0 bridgehead atoms. The number of aromatic nitrogens is 1. The average Bonchev–Trinajstić information content (AvgIpc) is 3.11. The number of halogens is 3. The standard InChI is InChI=1S/C20H20F3N3O/c21-20(22,23)18-6-5-16(13-24-18)25-10-7-15(8-11-25)19(27)26-12-9-14-3-1-2-4-17(14)26/h1-6,13,15H,7-12H2. The molecule has 3 heterocycles. The second-order valence-corrected chi connectivity index (χ2v) is 7.03. The maximum atomic E-state index is 12.9. The van der Waals surface area contributed by atoms with Gasteiger partial charge in [-0.05, 0) is 43.0 Å². The molecule has 0 spiro atoms. The van der Waals surface area contributed by atoms with Crippen molar-refractivity contribution in [1.82, 2.24) is 4.98 Å². The number of nitrogens with zero attached hydrogens (tertiary/aromatic N) is 3. The van der Waals surface area contributed by atoms with Crippen LogP contribution >= 0.6 is 0 Å². The van der Waals surface area contributed by atoms with Crippen LogP contribution in [0.25, 0.3) is 0 Å². The van der Waals surface area contributed by atoms with Gasteiger partial charge >= 0.3 is 6.18 Å². The highest BCUT2D eigenvalue weighted by molar-refractivity contribution is 5.97. The van der Waals surface area contributed by atoms with Gasteiger partial charge in [0.2, 0.25) is 5.91 Å². The molecule has 4 nitrogen and oxygen atoms in total. The molecule has 0 atom stereocenters. The van der Waals surface area contributed by atoms with Gasteiger partial charge in [0.05, 0.1) is 11.9 Å². The highest BCUT2D eigenvalue weighted by Crippen LogP contribution is 2.32. The highest BCUT2D eigenvalue weighted by atomic mass is 19.4. The van der Waals surface area contributed by atoms with Gasteiger partial charge in [-0.25, -0.2) is 4.98 Å². The number of rotatable bonds is 2. The smallest absolute Gasteiger partial charge is 0.370 e. The SMILES string of the molecule is O=C(C1CCN(c2ccc(C(F)(F)F)nc2)CC1)N1CCc2ccccc21. The molecule has 1 aromatic heterocycles. The van der Waals surface area contributed by atoms with Crippen LogP contribution in [0.5, 0.6) is 0 Å². The number of alkyl halides is 3. The number of pyridine rings is 1. The number of benzene rings is 1. The number of hydrogen-bond acceptors (Lipinski definition) is 3. The van der Waals surface area contributed by atoms with Crippen LogP contribution < -0.4 is 9.80 Å². The predicted octanol–water partition coefficient (Wildman–Crippen LogP) is 3.91. The van der Waals surface area contributed by atoms with E-state index >= 15 is 0 Å². The number of carbonyl (C=O) groups excluding carboxylic acids is 1. The summed E-state index contributed by atoms with van der Waals surface area (Å²) in [7, 11) is 0. The molecule has 0 aliphatic carbocycles. The molecule has 1 aromatic carbocycles. The number of para-hydroxylation sites is 1. The molecule has 1 fully saturated rings. The number of hydrogen-bond donors (Lipinski definition) is 0. The summed E-state index contributed by atoms with van der Waals surface area (Å²) >= 11 is 0. The Bertz CT molecular complexity index is 827. The molecule has 27 heavy (non-hydrogen) atoms. The minimum Gasteiger partial charge on any atom is -0.370 e. The van der Waals surface area contributed by atoms with Crippen LogP contribution in [0.2, 0.25) is 0 Å². The number of piperidine rings is 1. The fraction of sp³-hybridized carbons (Fsp3) is 0.400. The molecule has 4 rings (SSSR count). The summed E-state index contributed by atoms with van der Waals surface area (Å²) in [4.78, 5) is 20.3. The van der Waals surface area contributed by atoms with Gasteiger partial charge in [0.25, 0.3) is 0 Å². The molecular formula is C20H20F3N3O. The average molecular weight is 375 g/mol. The number of anilines is 2. The maximum absolute atomic E-state index is 12.9. The molecular weight excluding hydrogens is 355 g/mol. The summed E-state index contributed by atoms with van der Waals surface area (Å²) in [5.74, 6) is 0.111. The first kappa shape index (κ1) is 17.8. The van der Waals surface area contributed by atoms with E-state index in [1.54, 1.807) is 0 Å². The zero-order valence-electron chi connectivity index (χ0n) is 14.7. The Labute approximate surface area is 155 Å². The van der Waals surface area contributed by atoms with Gasteiger partial charge in [-0.2, -0.15) is 13.2 Å². The predicted molar refractivity (Wildman–Crippen MR) is 96.7 cm³/mol. The molecule has 2 aliphatic rings. The van der Waals surface area contributed by atoms with Crippen LogP contribution in [-0.4, -0.2) is 30.5 Å². The lowest BCUT2D eigenvalue weighted by atomic mass is 9.95. The Morgan fingerprint density at radius 1 is 1.04 bits per heavy atom. The van der Waals surface area contributed by atoms with E-state index in [1.165, 1.54) is 17.8 Å². The summed E-state index contributed by atoms with van der Waals surface area (Å²) in [6.45, 7) is 2.00. The van der Waals surface area contributed by atoms with E-state index in [-0.39, 0.29) is 11.8 Å². The van der Waals surface area contributed by atoms with E-state index in [0.29, 0.717) is 31.6 Å². The zero-order chi connectivity index (χ0) is 19.0. The van der Waals surface area contributed by atoms with Crippen LogP contribution in [0, 0.1) is 5.92 Å². The molecule has 2 aliphatic heterocycles. The fourth-order valence-electron chi connectivity index (χ4n) is 3.91. The minimum atomic E-state index is -4.43. The summed E-state index contributed by atoms with van der Waals surface area (Å²) in [6, 6.07) is 10.4. The monoisotopic (exact) mass is 375 g/mol. The summed E-state index contributed by atoms with van der Waals surface area (Å²) in [6.07, 6.45) is -0.888. The number of amides is 1. The van der Waals surface area contributed by atoms with Gasteiger partial charge in [0.15, 0.2) is 0 Å². The number of fused-ring (bicyclic) bond motifs is 1. The molecule has 0 N–H and O–H groups in total. The molecule has 1 amide bonds. The summed E-state index contributed by atoms with van der Waals surface area (Å²) in [5.41, 5.74) is 2.00. The van der Waals surface area contributed by atoms with Crippen LogP contribution in [0.3, 0.4) is 0 Å². The quantitative estimate of drug-likeness (QED) is 0.799. The molecule has 0 radical (unpaired) electrons. The summed E-state index contributed by atoms with van der Waals surface area (Å²) in [5, 5.41) is 0. The fourth-order valence-corrected chi connectivity index (χ4v) is 3.91. The Balaban J connectivity index is 1.39. The van der Waals surface area contributed by atoms with Crippen LogP contribution in [0.1, 0.15) is 24.1 Å². The third kappa shape index (κ3) is 3.50. The topological polar surface area (TPSA) is 36.4 Å². The van der Waals surface area contributed by atoms with Crippen molar-refractivity contribution in [1.29, 1.82) is 0 Å².